The van der Waals surface area contributed by atoms with Crippen LogP contribution in [0.1, 0.15) is 86.1 Å². The number of alkyl halides is 2. The van der Waals surface area contributed by atoms with Gasteiger partial charge in [0.2, 0.25) is 5.91 Å². The van der Waals surface area contributed by atoms with Crippen molar-refractivity contribution in [2.45, 2.75) is 83.0 Å². The fourth-order valence-corrected chi connectivity index (χ4v) is 10.6. The lowest BCUT2D eigenvalue weighted by molar-refractivity contribution is -0.151. The number of ether oxygens (including phenoxy) is 4. The summed E-state index contributed by atoms with van der Waals surface area (Å²) < 4.78 is 47.3. The van der Waals surface area contributed by atoms with Crippen molar-refractivity contribution in [3.63, 3.8) is 0 Å². The van der Waals surface area contributed by atoms with Gasteiger partial charge in [0.25, 0.3) is 5.91 Å². The van der Waals surface area contributed by atoms with E-state index >= 15 is 0 Å². The van der Waals surface area contributed by atoms with Gasteiger partial charge in [-0.3, -0.25) is 9.59 Å². The smallest absolute Gasteiger partial charge is 0.407 e. The lowest BCUT2D eigenvalue weighted by atomic mass is 9.70. The van der Waals surface area contributed by atoms with Gasteiger partial charge in [-0.2, -0.15) is 8.78 Å². The molecule has 4 aromatic carbocycles. The van der Waals surface area contributed by atoms with E-state index in [2.05, 4.69) is 38.8 Å². The second-order valence-electron chi connectivity index (χ2n) is 18.5. The fraction of sp³-hybridized carbons (Fsp3) is 0.400. The second kappa shape index (κ2) is 18.2. The highest BCUT2D eigenvalue weighted by Crippen LogP contribution is 2.49. The summed E-state index contributed by atoms with van der Waals surface area (Å²) in [6.07, 6.45) is 3.33. The lowest BCUT2D eigenvalue weighted by Crippen LogP contribution is -2.61. The molecule has 18 heteroatoms. The molecule has 1 saturated carbocycles. The zero-order valence-corrected chi connectivity index (χ0v) is 38.0. The number of H-pyrrole nitrogens is 2. The highest BCUT2D eigenvalue weighted by molar-refractivity contribution is 6.07. The number of alkyl carbamates (subject to hydrolysis) is 2. The molecule has 2 aromatic heterocycles. The number of likely N-dealkylation sites (tertiary alicyclic amines) is 1. The molecule has 0 spiro atoms. The van der Waals surface area contributed by atoms with Gasteiger partial charge in [-0.05, 0) is 89.4 Å². The molecule has 5 atom stereocenters. The Morgan fingerprint density at radius 1 is 0.868 bits per heavy atom. The summed E-state index contributed by atoms with van der Waals surface area (Å²) in [6, 6.07) is 20.3. The number of carbonyl (C=O) groups is 4. The van der Waals surface area contributed by atoms with Gasteiger partial charge in [-0.25, -0.2) is 19.6 Å². The average molecular weight is 939 g/mol. The third-order valence-corrected chi connectivity index (χ3v) is 14.0. The van der Waals surface area contributed by atoms with Crippen LogP contribution in [0.15, 0.2) is 79.0 Å². The summed E-state index contributed by atoms with van der Waals surface area (Å²) in [6.45, 7) is 0.994. The van der Waals surface area contributed by atoms with Gasteiger partial charge in [-0.1, -0.05) is 62.4 Å². The van der Waals surface area contributed by atoms with Crippen LogP contribution >= 0.6 is 0 Å². The molecule has 16 nitrogen and oxygen atoms in total. The summed E-state index contributed by atoms with van der Waals surface area (Å²) in [5, 5.41) is 7.13. The van der Waals surface area contributed by atoms with Crippen LogP contribution < -0.4 is 15.4 Å². The SMILES string of the molecule is COC(=O)N[C@H](C(=O)N1C2CC(C2)C[C@H]1c1ncc(-c2ccc3c(c2)COc2cc4c(ccc5[nH]c([C@@H]6C[C@H](COC(F)F)CN6C(=O)[C@H](NC(=O)OC)c6ccccc6)nc54)cc2-3)[nH]1)C(C)C.[HH].[HH].[HH].[HH]. The van der Waals surface area contributed by atoms with E-state index < -0.39 is 48.7 Å². The van der Waals surface area contributed by atoms with Crippen molar-refractivity contribution in [1.82, 2.24) is 40.4 Å². The number of nitrogens with zero attached hydrogens (tertiary/aromatic N) is 4. The molecule has 0 unspecified atom stereocenters. The Morgan fingerprint density at radius 2 is 1.65 bits per heavy atom. The van der Waals surface area contributed by atoms with Crippen molar-refractivity contribution in [3.05, 3.63) is 102 Å². The Bertz CT molecular complexity index is 2920. The number of aromatic nitrogens is 4. The van der Waals surface area contributed by atoms with Crippen LogP contribution in [0.5, 0.6) is 5.75 Å². The standard InChI is InChI=1S/C50H52F2N8O8.4H2/c1-25(2)41(57-49(63)65-3)47(62)60-32-14-26(15-32)16-39(60)44-53-21-37(55-44)30-10-12-33-31(18-30)24-67-40-20-34-29(19-35(33)40)11-13-36-43(34)56-45(54-36)38-17-27(23-68-48(51)52)22-59(38)46(61)42(58-50(64)66-4)28-8-6-5-7-9-28;;;;/h5-13,18-21,25-27,32,38-39,41-42,48H,14-17,22-24H2,1-4H3,(H,53,55)(H,54,56)(H,57,63)(H,58,64);4*1H/t26?,27-,32?,38-,39-,41-,42+;;;;/m0..../s1. The van der Waals surface area contributed by atoms with Crippen LogP contribution in [0.25, 0.3) is 44.2 Å². The predicted octanol–water partition coefficient (Wildman–Crippen LogP) is 9.31. The molecule has 2 bridgehead atoms. The maximum atomic E-state index is 14.4. The number of hydrogen-bond acceptors (Lipinski definition) is 10. The van der Waals surface area contributed by atoms with E-state index in [0.29, 0.717) is 47.4 Å². The Balaban J connectivity index is 0.00000212. The highest BCUT2D eigenvalue weighted by Gasteiger charge is 2.49. The number of aromatic amines is 2. The largest absolute Gasteiger partial charge is 0.488 e. The number of nitrogens with one attached hydrogen (secondary N) is 4. The van der Waals surface area contributed by atoms with E-state index in [4.69, 9.17) is 28.9 Å². The quantitative estimate of drug-likeness (QED) is 0.0919. The van der Waals surface area contributed by atoms with Gasteiger partial charge >= 0.3 is 18.8 Å². The molecule has 6 heterocycles. The summed E-state index contributed by atoms with van der Waals surface area (Å²) in [5.41, 5.74) is 6.57. The topological polar surface area (TPSA) is 193 Å². The molecule has 68 heavy (non-hydrogen) atoms. The molecule has 1 aliphatic carbocycles. The van der Waals surface area contributed by atoms with Crippen molar-refractivity contribution in [2.75, 3.05) is 27.4 Å². The molecule has 4 fully saturated rings. The molecule has 6 aromatic rings. The molecule has 362 valence electrons. The Hall–Kier alpha value is -7.08. The molecule has 4 aliphatic heterocycles. The number of halogens is 2. The Morgan fingerprint density at radius 3 is 2.40 bits per heavy atom. The minimum atomic E-state index is -2.97. The maximum Gasteiger partial charge on any atom is 0.407 e. The fourth-order valence-electron chi connectivity index (χ4n) is 10.6. The van der Waals surface area contributed by atoms with Crippen molar-refractivity contribution in [2.24, 2.45) is 17.8 Å². The van der Waals surface area contributed by atoms with Crippen LogP contribution in [-0.2, 0) is 30.4 Å². The average Bonchev–Trinajstić information content (AvgIpc) is 4.12. The van der Waals surface area contributed by atoms with Crippen LogP contribution in [0.2, 0.25) is 0 Å². The molecule has 4 amide bonds. The summed E-state index contributed by atoms with van der Waals surface area (Å²) in [7, 11) is 2.50. The molecular weight excluding hydrogens is 879 g/mol. The zero-order chi connectivity index (χ0) is 47.4. The zero-order valence-electron chi connectivity index (χ0n) is 38.0. The first-order valence-corrected chi connectivity index (χ1v) is 22.9. The van der Waals surface area contributed by atoms with Crippen molar-refractivity contribution in [3.8, 4) is 28.1 Å². The minimum Gasteiger partial charge on any atom is -0.488 e. The van der Waals surface area contributed by atoms with Crippen molar-refractivity contribution in [1.29, 1.82) is 0 Å². The number of rotatable bonds is 12. The van der Waals surface area contributed by atoms with Gasteiger partial charge in [0.05, 0.1) is 55.8 Å². The van der Waals surface area contributed by atoms with Crippen LogP contribution in [0.3, 0.4) is 0 Å². The maximum absolute atomic E-state index is 14.4. The number of benzene rings is 4. The number of fused-ring (bicyclic) bond motifs is 8. The summed E-state index contributed by atoms with van der Waals surface area (Å²) in [4.78, 5) is 73.5. The monoisotopic (exact) mass is 938 g/mol. The van der Waals surface area contributed by atoms with Crippen molar-refractivity contribution >= 4 is 45.8 Å². The summed E-state index contributed by atoms with van der Waals surface area (Å²) >= 11 is 0. The van der Waals surface area contributed by atoms with Gasteiger partial charge < -0.3 is 49.3 Å². The third-order valence-electron chi connectivity index (χ3n) is 14.0. The van der Waals surface area contributed by atoms with E-state index in [1.807, 2.05) is 43.0 Å². The first-order chi connectivity index (χ1) is 32.9. The lowest BCUT2D eigenvalue weighted by Gasteiger charge is -2.54. The molecule has 11 rings (SSSR count). The van der Waals surface area contributed by atoms with Crippen LogP contribution in [0, 0.1) is 17.8 Å². The van der Waals surface area contributed by atoms with E-state index in [1.54, 1.807) is 41.4 Å². The predicted molar refractivity (Wildman–Crippen MR) is 254 cm³/mol. The van der Waals surface area contributed by atoms with Gasteiger partial charge in [-0.15, -0.1) is 0 Å². The normalized spacial score (nSPS) is 21.4. The van der Waals surface area contributed by atoms with E-state index in [1.165, 1.54) is 14.2 Å². The van der Waals surface area contributed by atoms with Gasteiger partial charge in [0, 0.05) is 35.2 Å². The molecule has 0 radical (unpaired) electrons. The first-order valence-electron chi connectivity index (χ1n) is 22.9. The first kappa shape index (κ1) is 44.7. The molecule has 3 saturated heterocycles. The second-order valence-corrected chi connectivity index (χ2v) is 18.5. The number of methoxy groups -OCH3 is 2. The van der Waals surface area contributed by atoms with E-state index in [0.717, 1.165) is 63.5 Å². The van der Waals surface area contributed by atoms with Crippen molar-refractivity contribution < 1.29 is 52.6 Å². The number of hydrogen-bond donors (Lipinski definition) is 4. The number of piperidine rings is 2. The van der Waals surface area contributed by atoms with Crippen LogP contribution in [-0.4, -0.2) is 99.8 Å². The van der Waals surface area contributed by atoms with E-state index in [-0.39, 0.29) is 42.8 Å². The number of amides is 4. The van der Waals surface area contributed by atoms with E-state index in [9.17, 15) is 28.0 Å². The van der Waals surface area contributed by atoms with Crippen LogP contribution in [0.4, 0.5) is 18.4 Å². The Labute approximate surface area is 396 Å². The number of imidazole rings is 2. The minimum absolute atomic E-state index is 0. The molecule has 4 N–H and O–H groups in total. The number of carbonyl (C=O) groups excluding carboxylic acids is 4. The molecular formula is C50H60F2N8O8. The van der Waals surface area contributed by atoms with Gasteiger partial charge in [0.15, 0.2) is 0 Å². The third kappa shape index (κ3) is 8.34. The molecule has 5 aliphatic rings. The van der Waals surface area contributed by atoms with Gasteiger partial charge in [0.1, 0.15) is 36.1 Å². The highest BCUT2D eigenvalue weighted by atomic mass is 19.3. The summed E-state index contributed by atoms with van der Waals surface area (Å²) in [5.74, 6) is 1.22. The Kier molecular flexibility index (Phi) is 12.0.